The molecule has 116 valence electrons. The van der Waals surface area contributed by atoms with Crippen LogP contribution in [0.2, 0.25) is 0 Å². The Morgan fingerprint density at radius 1 is 1.33 bits per heavy atom. The van der Waals surface area contributed by atoms with Crippen LogP contribution in [-0.2, 0) is 4.79 Å². The lowest BCUT2D eigenvalue weighted by molar-refractivity contribution is -0.153. The van der Waals surface area contributed by atoms with Crippen LogP contribution in [0, 0.1) is 0 Å². The lowest BCUT2D eigenvalue weighted by Crippen LogP contribution is -2.56. The Labute approximate surface area is 125 Å². The molecule has 0 radical (unpaired) electrons. The first-order valence-corrected chi connectivity index (χ1v) is 7.32. The van der Waals surface area contributed by atoms with E-state index < -0.39 is 11.5 Å². The number of carboxylic acid groups (broad SMARTS) is 1. The van der Waals surface area contributed by atoms with Crippen LogP contribution in [0.3, 0.4) is 0 Å². The summed E-state index contributed by atoms with van der Waals surface area (Å²) in [5.74, 6) is 0.630. The number of nitrogens with zero attached hydrogens (tertiary/aromatic N) is 1. The van der Waals surface area contributed by atoms with Gasteiger partial charge in [-0.3, -0.25) is 9.69 Å². The lowest BCUT2D eigenvalue weighted by atomic mass is 9.88. The number of piperidine rings is 1. The molecule has 5 heteroatoms. The molecule has 0 spiro atoms. The molecular weight excluding hydrogens is 270 g/mol. The van der Waals surface area contributed by atoms with Crippen molar-refractivity contribution < 1.29 is 19.4 Å². The predicted molar refractivity (Wildman–Crippen MR) is 80.0 cm³/mol. The number of hydrogen-bond acceptors (Lipinski definition) is 4. The maximum Gasteiger partial charge on any atom is 0.323 e. The molecule has 0 aromatic heterocycles. The van der Waals surface area contributed by atoms with Crippen molar-refractivity contribution in [3.8, 4) is 11.5 Å². The average molecular weight is 293 g/mol. The highest BCUT2D eigenvalue weighted by Crippen LogP contribution is 2.29. The van der Waals surface area contributed by atoms with Crippen LogP contribution in [-0.4, -0.2) is 48.3 Å². The van der Waals surface area contributed by atoms with E-state index in [0.717, 1.165) is 19.4 Å². The van der Waals surface area contributed by atoms with E-state index in [-0.39, 0.29) is 0 Å². The number of carbonyl (C=O) groups is 1. The largest absolute Gasteiger partial charge is 0.493 e. The first-order valence-electron chi connectivity index (χ1n) is 7.32. The summed E-state index contributed by atoms with van der Waals surface area (Å²) in [6, 6.07) is 7.47. The van der Waals surface area contributed by atoms with Gasteiger partial charge in [-0.15, -0.1) is 0 Å². The smallest absolute Gasteiger partial charge is 0.323 e. The van der Waals surface area contributed by atoms with Crippen LogP contribution in [0.4, 0.5) is 0 Å². The zero-order chi connectivity index (χ0) is 15.3. The normalized spacial score (nSPS) is 22.8. The third-order valence-corrected chi connectivity index (χ3v) is 4.19. The number of aliphatic carboxylic acids is 1. The number of carboxylic acids is 1. The summed E-state index contributed by atoms with van der Waals surface area (Å²) in [7, 11) is 1.61. The van der Waals surface area contributed by atoms with E-state index in [1.807, 2.05) is 29.2 Å². The molecule has 0 saturated carbocycles. The molecule has 0 amide bonds. The first-order chi connectivity index (χ1) is 10.1. The van der Waals surface area contributed by atoms with Gasteiger partial charge in [0.25, 0.3) is 0 Å². The van der Waals surface area contributed by atoms with E-state index in [2.05, 4.69) is 0 Å². The fourth-order valence-electron chi connectivity index (χ4n) is 2.78. The van der Waals surface area contributed by atoms with E-state index in [4.69, 9.17) is 9.47 Å². The molecular formula is C16H23NO4. The van der Waals surface area contributed by atoms with E-state index >= 15 is 0 Å². The van der Waals surface area contributed by atoms with Crippen LogP contribution >= 0.6 is 0 Å². The van der Waals surface area contributed by atoms with E-state index in [1.165, 1.54) is 0 Å². The minimum Gasteiger partial charge on any atom is -0.493 e. The summed E-state index contributed by atoms with van der Waals surface area (Å²) in [5, 5.41) is 9.46. The van der Waals surface area contributed by atoms with Gasteiger partial charge in [-0.1, -0.05) is 12.1 Å². The van der Waals surface area contributed by atoms with Crippen LogP contribution in [0.5, 0.6) is 11.5 Å². The van der Waals surface area contributed by atoms with Crippen molar-refractivity contribution in [3.05, 3.63) is 24.3 Å². The molecule has 1 heterocycles. The fraction of sp³-hybridized carbons (Fsp3) is 0.562. The molecule has 1 fully saturated rings. The second-order valence-corrected chi connectivity index (χ2v) is 5.52. The van der Waals surface area contributed by atoms with Gasteiger partial charge in [-0.2, -0.15) is 0 Å². The Balaban J connectivity index is 1.94. The number of para-hydroxylation sites is 2. The first kappa shape index (κ1) is 15.6. The van der Waals surface area contributed by atoms with Crippen molar-refractivity contribution in [2.75, 3.05) is 26.8 Å². The van der Waals surface area contributed by atoms with Crippen molar-refractivity contribution >= 4 is 5.97 Å². The van der Waals surface area contributed by atoms with Gasteiger partial charge in [0.05, 0.1) is 7.11 Å². The van der Waals surface area contributed by atoms with Crippen molar-refractivity contribution in [1.29, 1.82) is 0 Å². The summed E-state index contributed by atoms with van der Waals surface area (Å²) in [6.45, 7) is 3.65. The number of rotatable bonds is 6. The number of likely N-dealkylation sites (tertiary alicyclic amines) is 1. The zero-order valence-electron chi connectivity index (χ0n) is 12.7. The molecule has 0 aliphatic carbocycles. The summed E-state index contributed by atoms with van der Waals surface area (Å²) in [4.78, 5) is 13.5. The number of ether oxygens (including phenoxy) is 2. The SMILES string of the molecule is COc1ccccc1OCCN1CCCCC1(C)C(=O)O. The van der Waals surface area contributed by atoms with E-state index in [0.29, 0.717) is 31.1 Å². The Bertz CT molecular complexity index is 491. The summed E-state index contributed by atoms with van der Waals surface area (Å²) < 4.78 is 11.0. The van der Waals surface area contributed by atoms with E-state index in [1.54, 1.807) is 14.0 Å². The third-order valence-electron chi connectivity index (χ3n) is 4.19. The van der Waals surface area contributed by atoms with Crippen LogP contribution in [0.25, 0.3) is 0 Å². The minimum absolute atomic E-state index is 0.448. The summed E-state index contributed by atoms with van der Waals surface area (Å²) in [5.41, 5.74) is -0.775. The highest BCUT2D eigenvalue weighted by Gasteiger charge is 2.40. The molecule has 5 nitrogen and oxygen atoms in total. The summed E-state index contributed by atoms with van der Waals surface area (Å²) in [6.07, 6.45) is 2.70. The van der Waals surface area contributed by atoms with Gasteiger partial charge in [-0.25, -0.2) is 0 Å². The Hall–Kier alpha value is -1.75. The second-order valence-electron chi connectivity index (χ2n) is 5.52. The zero-order valence-corrected chi connectivity index (χ0v) is 12.7. The van der Waals surface area contributed by atoms with Gasteiger partial charge in [0.2, 0.25) is 0 Å². The van der Waals surface area contributed by atoms with Crippen molar-refractivity contribution in [1.82, 2.24) is 4.90 Å². The monoisotopic (exact) mass is 293 g/mol. The van der Waals surface area contributed by atoms with Crippen molar-refractivity contribution in [2.24, 2.45) is 0 Å². The standard InChI is InChI=1S/C16H23NO4/c1-16(15(18)19)9-5-6-10-17(16)11-12-21-14-8-4-3-7-13(14)20-2/h3-4,7-8H,5-6,9-12H2,1-2H3,(H,18,19). The number of benzene rings is 1. The van der Waals surface area contributed by atoms with Gasteiger partial charge < -0.3 is 14.6 Å². The molecule has 1 aliphatic heterocycles. The van der Waals surface area contributed by atoms with E-state index in [9.17, 15) is 9.90 Å². The molecule has 0 bridgehead atoms. The molecule has 2 rings (SSSR count). The van der Waals surface area contributed by atoms with Crippen LogP contribution < -0.4 is 9.47 Å². The maximum absolute atomic E-state index is 11.5. The average Bonchev–Trinajstić information content (AvgIpc) is 2.49. The quantitative estimate of drug-likeness (QED) is 0.872. The molecule has 1 saturated heterocycles. The number of methoxy groups -OCH3 is 1. The van der Waals surface area contributed by atoms with Gasteiger partial charge in [0.1, 0.15) is 12.1 Å². The van der Waals surface area contributed by atoms with Crippen LogP contribution in [0.1, 0.15) is 26.2 Å². The predicted octanol–water partition coefficient (Wildman–Crippen LogP) is 2.40. The Kier molecular flexibility index (Phi) is 5.07. The highest BCUT2D eigenvalue weighted by atomic mass is 16.5. The number of hydrogen-bond donors (Lipinski definition) is 1. The molecule has 21 heavy (non-hydrogen) atoms. The van der Waals surface area contributed by atoms with Gasteiger partial charge in [-0.05, 0) is 44.9 Å². The fourth-order valence-corrected chi connectivity index (χ4v) is 2.78. The molecule has 1 aliphatic rings. The van der Waals surface area contributed by atoms with Crippen LogP contribution in [0.15, 0.2) is 24.3 Å². The second kappa shape index (κ2) is 6.80. The Morgan fingerprint density at radius 3 is 2.71 bits per heavy atom. The molecule has 1 atom stereocenters. The third kappa shape index (κ3) is 3.47. The molecule has 1 N–H and O–H groups in total. The minimum atomic E-state index is -0.775. The van der Waals surface area contributed by atoms with Crippen molar-refractivity contribution in [2.45, 2.75) is 31.7 Å². The Morgan fingerprint density at radius 2 is 2.05 bits per heavy atom. The topological polar surface area (TPSA) is 59.0 Å². The van der Waals surface area contributed by atoms with Gasteiger partial charge >= 0.3 is 5.97 Å². The lowest BCUT2D eigenvalue weighted by Gasteiger charge is -2.41. The van der Waals surface area contributed by atoms with Crippen molar-refractivity contribution in [3.63, 3.8) is 0 Å². The van der Waals surface area contributed by atoms with Gasteiger partial charge in [0.15, 0.2) is 11.5 Å². The maximum atomic E-state index is 11.5. The van der Waals surface area contributed by atoms with Gasteiger partial charge in [0, 0.05) is 6.54 Å². The molecule has 1 unspecified atom stereocenters. The summed E-state index contributed by atoms with van der Waals surface area (Å²) >= 11 is 0. The molecule has 1 aromatic rings. The highest BCUT2D eigenvalue weighted by molar-refractivity contribution is 5.78. The molecule has 1 aromatic carbocycles.